The van der Waals surface area contributed by atoms with Crippen molar-refractivity contribution in [2.45, 2.75) is 20.3 Å². The maximum Gasteiger partial charge on any atom is 0.0722 e. The standard InChI is InChI=1S/C18H15Cl2N/c1-11-16-8-7-15(20)10-18(16)21-12(2)17(11)9-13-3-5-14(19)6-4-13/h3-8,10H,9H2,1-2H3. The average molecular weight is 316 g/mol. The molecule has 0 amide bonds. The van der Waals surface area contributed by atoms with E-state index < -0.39 is 0 Å². The van der Waals surface area contributed by atoms with Crippen LogP contribution >= 0.6 is 23.2 Å². The highest BCUT2D eigenvalue weighted by atomic mass is 35.5. The van der Waals surface area contributed by atoms with E-state index in [9.17, 15) is 0 Å². The van der Waals surface area contributed by atoms with E-state index in [1.165, 1.54) is 16.7 Å². The van der Waals surface area contributed by atoms with Crippen LogP contribution in [0.1, 0.15) is 22.4 Å². The number of hydrogen-bond donors (Lipinski definition) is 0. The summed E-state index contributed by atoms with van der Waals surface area (Å²) < 4.78 is 0. The summed E-state index contributed by atoms with van der Waals surface area (Å²) in [5.74, 6) is 0. The molecule has 1 heterocycles. The minimum Gasteiger partial charge on any atom is -0.253 e. The minimum absolute atomic E-state index is 0.722. The predicted molar refractivity (Wildman–Crippen MR) is 90.5 cm³/mol. The van der Waals surface area contributed by atoms with Gasteiger partial charge in [-0.25, -0.2) is 0 Å². The van der Waals surface area contributed by atoms with Crippen molar-refractivity contribution < 1.29 is 0 Å². The Bertz CT molecular complexity index is 808. The molecule has 2 aromatic carbocycles. The number of pyridine rings is 1. The maximum atomic E-state index is 6.06. The van der Waals surface area contributed by atoms with Gasteiger partial charge in [-0.1, -0.05) is 41.4 Å². The lowest BCUT2D eigenvalue weighted by molar-refractivity contribution is 1.08. The summed E-state index contributed by atoms with van der Waals surface area (Å²) in [4.78, 5) is 4.70. The molecule has 0 radical (unpaired) electrons. The Labute approximate surface area is 134 Å². The van der Waals surface area contributed by atoms with Gasteiger partial charge in [0.2, 0.25) is 0 Å². The molecule has 0 saturated carbocycles. The van der Waals surface area contributed by atoms with Crippen LogP contribution in [0.25, 0.3) is 10.9 Å². The second kappa shape index (κ2) is 5.67. The fourth-order valence-corrected chi connectivity index (χ4v) is 2.96. The van der Waals surface area contributed by atoms with Crippen LogP contribution in [0, 0.1) is 13.8 Å². The third kappa shape index (κ3) is 2.90. The van der Waals surface area contributed by atoms with E-state index in [1.54, 1.807) is 0 Å². The van der Waals surface area contributed by atoms with Crippen LogP contribution < -0.4 is 0 Å². The van der Waals surface area contributed by atoms with Gasteiger partial charge in [0.1, 0.15) is 0 Å². The van der Waals surface area contributed by atoms with Gasteiger partial charge in [-0.2, -0.15) is 0 Å². The molecule has 0 bridgehead atoms. The predicted octanol–water partition coefficient (Wildman–Crippen LogP) is 5.75. The number of aromatic nitrogens is 1. The molecule has 0 saturated heterocycles. The first-order chi connectivity index (χ1) is 10.0. The van der Waals surface area contributed by atoms with Crippen LogP contribution in [0.5, 0.6) is 0 Å². The number of halogens is 2. The highest BCUT2D eigenvalue weighted by Gasteiger charge is 2.10. The zero-order valence-corrected chi connectivity index (χ0v) is 13.5. The lowest BCUT2D eigenvalue weighted by Crippen LogP contribution is -2.00. The summed E-state index contributed by atoms with van der Waals surface area (Å²) in [5.41, 5.74) is 5.78. The molecule has 3 heteroatoms. The van der Waals surface area contributed by atoms with Crippen LogP contribution in [-0.4, -0.2) is 4.98 Å². The number of rotatable bonds is 2. The van der Waals surface area contributed by atoms with Crippen molar-refractivity contribution in [2.75, 3.05) is 0 Å². The lowest BCUT2D eigenvalue weighted by Gasteiger charge is -2.13. The maximum absolute atomic E-state index is 6.06. The molecule has 106 valence electrons. The Balaban J connectivity index is 2.10. The van der Waals surface area contributed by atoms with Crippen molar-refractivity contribution in [1.82, 2.24) is 4.98 Å². The molecular weight excluding hydrogens is 301 g/mol. The van der Waals surface area contributed by atoms with E-state index in [0.29, 0.717) is 0 Å². The van der Waals surface area contributed by atoms with Gasteiger partial charge in [-0.05, 0) is 61.2 Å². The Kier molecular flexibility index (Phi) is 3.88. The van der Waals surface area contributed by atoms with Crippen LogP contribution in [0.2, 0.25) is 10.0 Å². The summed E-state index contributed by atoms with van der Waals surface area (Å²) in [6.07, 6.45) is 0.862. The smallest absolute Gasteiger partial charge is 0.0722 e. The molecule has 0 spiro atoms. The molecule has 0 aliphatic heterocycles. The second-order valence-corrected chi connectivity index (χ2v) is 6.14. The number of benzene rings is 2. The SMILES string of the molecule is Cc1nc2cc(Cl)ccc2c(C)c1Cc1ccc(Cl)cc1. The third-order valence-corrected chi connectivity index (χ3v) is 4.32. The van der Waals surface area contributed by atoms with Gasteiger partial charge in [-0.15, -0.1) is 0 Å². The van der Waals surface area contributed by atoms with Crippen molar-refractivity contribution in [3.05, 3.63) is 74.9 Å². The molecule has 1 nitrogen and oxygen atoms in total. The van der Waals surface area contributed by atoms with E-state index >= 15 is 0 Å². The summed E-state index contributed by atoms with van der Waals surface area (Å²) in [5, 5.41) is 2.65. The topological polar surface area (TPSA) is 12.9 Å². The number of fused-ring (bicyclic) bond motifs is 1. The van der Waals surface area contributed by atoms with Gasteiger partial charge >= 0.3 is 0 Å². The molecule has 0 fully saturated rings. The number of hydrogen-bond acceptors (Lipinski definition) is 1. The zero-order chi connectivity index (χ0) is 15.0. The molecular formula is C18H15Cl2N. The van der Waals surface area contributed by atoms with Crippen LogP contribution in [-0.2, 0) is 6.42 Å². The molecule has 21 heavy (non-hydrogen) atoms. The van der Waals surface area contributed by atoms with Crippen molar-refractivity contribution in [3.63, 3.8) is 0 Å². The van der Waals surface area contributed by atoms with E-state index in [2.05, 4.69) is 26.0 Å². The van der Waals surface area contributed by atoms with Gasteiger partial charge in [0.25, 0.3) is 0 Å². The molecule has 1 aromatic heterocycles. The van der Waals surface area contributed by atoms with Crippen molar-refractivity contribution in [1.29, 1.82) is 0 Å². The van der Waals surface area contributed by atoms with Crippen molar-refractivity contribution >= 4 is 34.1 Å². The molecule has 0 atom stereocenters. The highest BCUT2D eigenvalue weighted by molar-refractivity contribution is 6.31. The quantitative estimate of drug-likeness (QED) is 0.586. The van der Waals surface area contributed by atoms with E-state index in [-0.39, 0.29) is 0 Å². The minimum atomic E-state index is 0.722. The Morgan fingerprint density at radius 3 is 2.29 bits per heavy atom. The van der Waals surface area contributed by atoms with Crippen molar-refractivity contribution in [2.24, 2.45) is 0 Å². The van der Waals surface area contributed by atoms with E-state index in [4.69, 9.17) is 28.2 Å². The van der Waals surface area contributed by atoms with Crippen LogP contribution in [0.3, 0.4) is 0 Å². The number of nitrogens with zero attached hydrogens (tertiary/aromatic N) is 1. The van der Waals surface area contributed by atoms with E-state index in [1.807, 2.05) is 30.3 Å². The highest BCUT2D eigenvalue weighted by Crippen LogP contribution is 2.27. The monoisotopic (exact) mass is 315 g/mol. The lowest BCUT2D eigenvalue weighted by atomic mass is 9.96. The summed E-state index contributed by atoms with van der Waals surface area (Å²) in [6, 6.07) is 13.9. The Hall–Kier alpha value is -1.57. The Morgan fingerprint density at radius 1 is 0.905 bits per heavy atom. The average Bonchev–Trinajstić information content (AvgIpc) is 2.45. The molecule has 0 aliphatic rings. The fourth-order valence-electron chi connectivity index (χ4n) is 2.66. The van der Waals surface area contributed by atoms with Crippen LogP contribution in [0.15, 0.2) is 42.5 Å². The Morgan fingerprint density at radius 2 is 1.57 bits per heavy atom. The summed E-state index contributed by atoms with van der Waals surface area (Å²) >= 11 is 12.0. The van der Waals surface area contributed by atoms with Crippen LogP contribution in [0.4, 0.5) is 0 Å². The first-order valence-electron chi connectivity index (χ1n) is 6.84. The van der Waals surface area contributed by atoms with E-state index in [0.717, 1.165) is 33.1 Å². The summed E-state index contributed by atoms with van der Waals surface area (Å²) in [6.45, 7) is 4.20. The third-order valence-electron chi connectivity index (χ3n) is 3.84. The van der Waals surface area contributed by atoms with Gasteiger partial charge in [-0.3, -0.25) is 4.98 Å². The molecule has 3 rings (SSSR count). The normalized spacial score (nSPS) is 11.0. The summed E-state index contributed by atoms with van der Waals surface area (Å²) in [7, 11) is 0. The second-order valence-electron chi connectivity index (χ2n) is 5.27. The molecule has 0 N–H and O–H groups in total. The number of aryl methyl sites for hydroxylation is 2. The molecule has 0 unspecified atom stereocenters. The fraction of sp³-hybridized carbons (Fsp3) is 0.167. The first-order valence-corrected chi connectivity index (χ1v) is 7.60. The zero-order valence-electron chi connectivity index (χ0n) is 12.0. The van der Waals surface area contributed by atoms with Gasteiger partial charge in [0.05, 0.1) is 5.52 Å². The van der Waals surface area contributed by atoms with Gasteiger partial charge in [0.15, 0.2) is 0 Å². The largest absolute Gasteiger partial charge is 0.253 e. The molecule has 0 aliphatic carbocycles. The van der Waals surface area contributed by atoms with Gasteiger partial charge in [0, 0.05) is 21.1 Å². The first kappa shape index (κ1) is 14.4. The van der Waals surface area contributed by atoms with Crippen molar-refractivity contribution in [3.8, 4) is 0 Å². The van der Waals surface area contributed by atoms with Gasteiger partial charge < -0.3 is 0 Å². The molecule has 3 aromatic rings.